The fourth-order valence-corrected chi connectivity index (χ4v) is 1.34. The Kier molecular flexibility index (Phi) is 9.08. The van der Waals surface area contributed by atoms with Crippen molar-refractivity contribution in [2.45, 2.75) is 25.8 Å². The minimum absolute atomic E-state index is 0. The first-order chi connectivity index (χ1) is 8.82. The number of carbonyl (C=O) groups is 1. The fourth-order valence-electron chi connectivity index (χ4n) is 1.34. The van der Waals surface area contributed by atoms with Crippen LogP contribution in [-0.2, 0) is 16.1 Å². The van der Waals surface area contributed by atoms with E-state index in [1.165, 1.54) is 7.11 Å². The van der Waals surface area contributed by atoms with Gasteiger partial charge in [0.05, 0.1) is 7.11 Å². The zero-order valence-electron chi connectivity index (χ0n) is 11.7. The van der Waals surface area contributed by atoms with Crippen molar-refractivity contribution >= 4 is 12.9 Å². The Morgan fingerprint density at radius 2 is 1.80 bits per heavy atom. The van der Waals surface area contributed by atoms with Crippen LogP contribution in [0.4, 0.5) is 12.9 Å². The smallest absolute Gasteiger partial charge is 0.497 e. The van der Waals surface area contributed by atoms with E-state index in [2.05, 4.69) is 0 Å². The zero-order valence-corrected chi connectivity index (χ0v) is 14.9. The van der Waals surface area contributed by atoms with Crippen molar-refractivity contribution in [1.82, 2.24) is 0 Å². The molecule has 0 aliphatic rings. The molecule has 0 saturated heterocycles. The van der Waals surface area contributed by atoms with Crippen LogP contribution in [0.3, 0.4) is 0 Å². The summed E-state index contributed by atoms with van der Waals surface area (Å²) >= 11 is 0. The zero-order chi connectivity index (χ0) is 14.5. The molecule has 0 fully saturated rings. The number of hydrogen-bond acceptors (Lipinski definition) is 3. The Morgan fingerprint density at radius 3 is 2.25 bits per heavy atom. The van der Waals surface area contributed by atoms with Crippen LogP contribution in [0.2, 0.25) is 5.82 Å². The molecule has 3 nitrogen and oxygen atoms in total. The van der Waals surface area contributed by atoms with Crippen molar-refractivity contribution in [3.63, 3.8) is 0 Å². The Bertz CT molecular complexity index is 423. The minimum Gasteiger partial charge on any atom is -0.497 e. The number of benzene rings is 1. The van der Waals surface area contributed by atoms with Crippen molar-refractivity contribution < 1.29 is 78.6 Å². The van der Waals surface area contributed by atoms with E-state index in [1.54, 1.807) is 24.3 Å². The third-order valence-corrected chi connectivity index (χ3v) is 2.69. The Balaban J connectivity index is 0.00000361. The van der Waals surface area contributed by atoms with Gasteiger partial charge in [-0.3, -0.25) is 4.79 Å². The number of esters is 1. The van der Waals surface area contributed by atoms with Gasteiger partial charge in [0.2, 0.25) is 0 Å². The molecule has 0 N–H and O–H groups in total. The quantitative estimate of drug-likeness (QED) is 0.562. The van der Waals surface area contributed by atoms with E-state index in [-0.39, 0.29) is 58.0 Å². The van der Waals surface area contributed by atoms with Crippen LogP contribution in [-0.4, -0.2) is 20.1 Å². The van der Waals surface area contributed by atoms with Crippen LogP contribution in [0, 0.1) is 0 Å². The molecular weight excluding hydrogens is 299 g/mol. The molecule has 0 saturated carbocycles. The van der Waals surface area contributed by atoms with Crippen LogP contribution in [0.5, 0.6) is 5.75 Å². The van der Waals surface area contributed by atoms with Gasteiger partial charge in [0.1, 0.15) is 12.4 Å². The predicted molar refractivity (Wildman–Crippen MR) is 65.9 cm³/mol. The average Bonchev–Trinajstić information content (AvgIpc) is 2.35. The van der Waals surface area contributed by atoms with Gasteiger partial charge < -0.3 is 22.4 Å². The van der Waals surface area contributed by atoms with Gasteiger partial charge in [-0.2, -0.15) is 0 Å². The second-order valence-corrected chi connectivity index (χ2v) is 4.32. The Morgan fingerprint density at radius 1 is 1.25 bits per heavy atom. The molecule has 0 bridgehead atoms. The number of ether oxygens (including phenoxy) is 2. The molecule has 0 heterocycles. The standard InChI is InChI=1S/C12H15BF3O3.K/c1-9(13(14,15)16)7-12(17)19-8-10-3-5-11(18-2)6-4-10;/h3-6,9H,7-8H2,1-2H3;/q-1;+1. The minimum atomic E-state index is -5.00. The summed E-state index contributed by atoms with van der Waals surface area (Å²) in [7, 11) is 1.52. The van der Waals surface area contributed by atoms with E-state index in [9.17, 15) is 17.7 Å². The van der Waals surface area contributed by atoms with Crippen molar-refractivity contribution in [3.05, 3.63) is 29.8 Å². The summed E-state index contributed by atoms with van der Waals surface area (Å²) in [4.78, 5) is 11.3. The summed E-state index contributed by atoms with van der Waals surface area (Å²) in [5, 5.41) is 0. The molecule has 1 unspecified atom stereocenters. The summed E-state index contributed by atoms with van der Waals surface area (Å²) in [6.45, 7) is -4.06. The molecule has 106 valence electrons. The number of carbonyl (C=O) groups excluding carboxylic acids is 1. The molecule has 0 aliphatic heterocycles. The molecule has 8 heteroatoms. The molecule has 1 atom stereocenters. The van der Waals surface area contributed by atoms with Gasteiger partial charge in [-0.15, -0.1) is 0 Å². The van der Waals surface area contributed by atoms with Gasteiger partial charge in [0, 0.05) is 6.42 Å². The summed E-state index contributed by atoms with van der Waals surface area (Å²) in [5.41, 5.74) is 0.694. The van der Waals surface area contributed by atoms with E-state index in [0.29, 0.717) is 11.3 Å². The predicted octanol–water partition coefficient (Wildman–Crippen LogP) is 0.370. The maximum Gasteiger partial charge on any atom is 1.00 e. The average molecular weight is 314 g/mol. The van der Waals surface area contributed by atoms with Crippen molar-refractivity contribution in [2.75, 3.05) is 7.11 Å². The molecule has 0 aromatic heterocycles. The van der Waals surface area contributed by atoms with Crippen LogP contribution in [0.1, 0.15) is 18.9 Å². The second kappa shape index (κ2) is 9.09. The Hall–Kier alpha value is -0.0187. The summed E-state index contributed by atoms with van der Waals surface area (Å²) in [6.07, 6.45) is -0.639. The van der Waals surface area contributed by atoms with Gasteiger partial charge in [0.15, 0.2) is 0 Å². The van der Waals surface area contributed by atoms with Gasteiger partial charge in [-0.25, -0.2) is 0 Å². The first kappa shape index (κ1) is 20.0. The van der Waals surface area contributed by atoms with E-state index in [1.807, 2.05) is 0 Å². The van der Waals surface area contributed by atoms with Gasteiger partial charge in [0.25, 0.3) is 0 Å². The van der Waals surface area contributed by atoms with Gasteiger partial charge in [-0.05, 0) is 17.7 Å². The number of rotatable bonds is 6. The fraction of sp³-hybridized carbons (Fsp3) is 0.417. The normalized spacial score (nSPS) is 12.2. The Labute approximate surface area is 158 Å². The second-order valence-electron chi connectivity index (χ2n) is 4.32. The maximum atomic E-state index is 12.3. The van der Waals surface area contributed by atoms with Crippen LogP contribution in [0.25, 0.3) is 0 Å². The molecule has 20 heavy (non-hydrogen) atoms. The molecule has 0 spiro atoms. The number of halogens is 3. The van der Waals surface area contributed by atoms with Crippen molar-refractivity contribution in [2.24, 2.45) is 0 Å². The van der Waals surface area contributed by atoms with E-state index < -0.39 is 25.2 Å². The largest absolute Gasteiger partial charge is 1.00 e. The number of hydrogen-bond donors (Lipinski definition) is 0. The van der Waals surface area contributed by atoms with Crippen LogP contribution >= 0.6 is 0 Å². The molecule has 0 aliphatic carbocycles. The topological polar surface area (TPSA) is 35.5 Å². The molecule has 1 aromatic carbocycles. The van der Waals surface area contributed by atoms with Crippen LogP contribution in [0.15, 0.2) is 24.3 Å². The van der Waals surface area contributed by atoms with E-state index in [4.69, 9.17) is 9.47 Å². The monoisotopic (exact) mass is 314 g/mol. The molecular formula is C12H15BF3KO3. The summed E-state index contributed by atoms with van der Waals surface area (Å²) in [5.74, 6) is -1.82. The molecule has 1 aromatic rings. The first-order valence-corrected chi connectivity index (χ1v) is 5.81. The SMILES string of the molecule is COc1ccc(COC(=O)CC(C)[B-](F)(F)F)cc1.[K+]. The van der Waals surface area contributed by atoms with Gasteiger partial charge >= 0.3 is 64.3 Å². The molecule has 0 radical (unpaired) electrons. The summed E-state index contributed by atoms with van der Waals surface area (Å²) < 4.78 is 46.6. The van der Waals surface area contributed by atoms with Crippen molar-refractivity contribution in [1.29, 1.82) is 0 Å². The number of methoxy groups -OCH3 is 1. The third-order valence-electron chi connectivity index (χ3n) is 2.69. The maximum absolute atomic E-state index is 12.3. The van der Waals surface area contributed by atoms with Gasteiger partial charge in [-0.1, -0.05) is 24.9 Å². The molecule has 0 amide bonds. The van der Waals surface area contributed by atoms with E-state index in [0.717, 1.165) is 6.92 Å². The van der Waals surface area contributed by atoms with E-state index >= 15 is 0 Å². The third kappa shape index (κ3) is 7.12. The van der Waals surface area contributed by atoms with Crippen molar-refractivity contribution in [3.8, 4) is 5.75 Å². The molecule has 1 rings (SSSR count). The summed E-state index contributed by atoms with van der Waals surface area (Å²) in [6, 6.07) is 6.74. The first-order valence-electron chi connectivity index (χ1n) is 5.81. The van der Waals surface area contributed by atoms with Crippen LogP contribution < -0.4 is 56.1 Å².